The van der Waals surface area contributed by atoms with Crippen molar-refractivity contribution < 1.29 is 4.79 Å². The largest absolute Gasteiger partial charge is 0.340 e. The topological polar surface area (TPSA) is 66.6 Å². The molecule has 0 radical (unpaired) electrons. The van der Waals surface area contributed by atoms with Crippen molar-refractivity contribution in [3.05, 3.63) is 39.3 Å². The molecule has 0 bridgehead atoms. The van der Waals surface area contributed by atoms with Crippen molar-refractivity contribution >= 4 is 34.8 Å². The maximum absolute atomic E-state index is 12.9. The van der Waals surface area contributed by atoms with Crippen LogP contribution in [0.2, 0.25) is 0 Å². The Morgan fingerprint density at radius 1 is 1.21 bits per heavy atom. The van der Waals surface area contributed by atoms with E-state index in [1.807, 2.05) is 25.0 Å². The van der Waals surface area contributed by atoms with Gasteiger partial charge in [0.2, 0.25) is 11.1 Å². The van der Waals surface area contributed by atoms with Gasteiger partial charge in [0.15, 0.2) is 0 Å². The zero-order valence-electron chi connectivity index (χ0n) is 16.4. The lowest BCUT2D eigenvalue weighted by Crippen LogP contribution is -2.48. The van der Waals surface area contributed by atoms with Crippen LogP contribution >= 0.6 is 23.1 Å². The molecule has 1 aliphatic rings. The maximum atomic E-state index is 12.9. The van der Waals surface area contributed by atoms with E-state index in [0.29, 0.717) is 17.4 Å². The van der Waals surface area contributed by atoms with Gasteiger partial charge in [-0.3, -0.25) is 9.69 Å². The summed E-state index contributed by atoms with van der Waals surface area (Å²) in [7, 11) is 0. The Labute approximate surface area is 172 Å². The van der Waals surface area contributed by atoms with Crippen molar-refractivity contribution in [2.75, 3.05) is 32.4 Å². The molecule has 3 aromatic heterocycles. The predicted molar refractivity (Wildman–Crippen MR) is 112 cm³/mol. The Morgan fingerprint density at radius 3 is 2.68 bits per heavy atom. The Kier molecular flexibility index (Phi) is 5.65. The molecule has 1 fully saturated rings. The highest BCUT2D eigenvalue weighted by Crippen LogP contribution is 2.18. The van der Waals surface area contributed by atoms with Crippen molar-refractivity contribution in [2.24, 2.45) is 0 Å². The number of rotatable bonds is 5. The van der Waals surface area contributed by atoms with E-state index in [0.717, 1.165) is 49.7 Å². The van der Waals surface area contributed by atoms with Crippen LogP contribution in [-0.2, 0) is 17.8 Å². The highest BCUT2D eigenvalue weighted by molar-refractivity contribution is 7.98. The molecule has 148 valence electrons. The predicted octanol–water partition coefficient (Wildman–Crippen LogP) is 2.41. The number of aryl methyl sites for hydroxylation is 2. The van der Waals surface area contributed by atoms with E-state index in [-0.39, 0.29) is 5.91 Å². The third-order valence-electron chi connectivity index (χ3n) is 5.25. The third kappa shape index (κ3) is 3.92. The smallest absolute Gasteiger partial charge is 0.253 e. The van der Waals surface area contributed by atoms with E-state index >= 15 is 0 Å². The zero-order chi connectivity index (χ0) is 19.7. The summed E-state index contributed by atoms with van der Waals surface area (Å²) in [4.78, 5) is 26.3. The van der Waals surface area contributed by atoms with Gasteiger partial charge in [-0.2, -0.15) is 16.3 Å². The van der Waals surface area contributed by atoms with E-state index in [9.17, 15) is 4.79 Å². The summed E-state index contributed by atoms with van der Waals surface area (Å²) in [6.07, 6.45) is 2.30. The molecule has 0 aliphatic carbocycles. The summed E-state index contributed by atoms with van der Waals surface area (Å²) < 4.78 is 1.75. The number of hydrogen-bond donors (Lipinski definition) is 0. The molecule has 0 spiro atoms. The lowest BCUT2D eigenvalue weighted by molar-refractivity contribution is -0.132. The third-order valence-corrected chi connectivity index (χ3v) is 6.52. The highest BCUT2D eigenvalue weighted by atomic mass is 32.2. The minimum absolute atomic E-state index is 0.160. The van der Waals surface area contributed by atoms with Crippen LogP contribution in [0.1, 0.15) is 22.5 Å². The van der Waals surface area contributed by atoms with Gasteiger partial charge in [0, 0.05) is 49.7 Å². The van der Waals surface area contributed by atoms with E-state index in [1.54, 1.807) is 15.9 Å². The lowest BCUT2D eigenvalue weighted by atomic mass is 10.1. The average Bonchev–Trinajstić information content (AvgIpc) is 3.35. The number of piperazine rings is 1. The van der Waals surface area contributed by atoms with Crippen molar-refractivity contribution in [2.45, 2.75) is 32.0 Å². The molecule has 7 nitrogen and oxygen atoms in total. The molecule has 0 aromatic carbocycles. The molecule has 0 unspecified atom stereocenters. The molecule has 0 N–H and O–H groups in total. The molecule has 0 atom stereocenters. The van der Waals surface area contributed by atoms with Crippen LogP contribution in [0.25, 0.3) is 5.78 Å². The van der Waals surface area contributed by atoms with Gasteiger partial charge >= 0.3 is 0 Å². The first-order valence-electron chi connectivity index (χ1n) is 9.33. The second-order valence-corrected chi connectivity index (χ2v) is 8.59. The fourth-order valence-electron chi connectivity index (χ4n) is 3.59. The Bertz CT molecular complexity index is 976. The first-order chi connectivity index (χ1) is 13.5. The highest BCUT2D eigenvalue weighted by Gasteiger charge is 2.23. The van der Waals surface area contributed by atoms with Crippen molar-refractivity contribution in [3.8, 4) is 0 Å². The van der Waals surface area contributed by atoms with Crippen LogP contribution < -0.4 is 0 Å². The molecular weight excluding hydrogens is 392 g/mol. The fraction of sp³-hybridized carbons (Fsp3) is 0.474. The molecule has 1 aliphatic heterocycles. The van der Waals surface area contributed by atoms with Crippen molar-refractivity contribution in [1.29, 1.82) is 0 Å². The first kappa shape index (κ1) is 19.4. The van der Waals surface area contributed by atoms with Crippen molar-refractivity contribution in [1.82, 2.24) is 29.4 Å². The lowest BCUT2D eigenvalue weighted by Gasteiger charge is -2.34. The van der Waals surface area contributed by atoms with E-state index < -0.39 is 0 Å². The van der Waals surface area contributed by atoms with Gasteiger partial charge in [-0.05, 0) is 42.5 Å². The number of aromatic nitrogens is 4. The van der Waals surface area contributed by atoms with Gasteiger partial charge in [0.05, 0.1) is 6.42 Å². The number of thioether (sulfide) groups is 1. The van der Waals surface area contributed by atoms with Crippen LogP contribution in [0.5, 0.6) is 0 Å². The summed E-state index contributed by atoms with van der Waals surface area (Å²) >= 11 is 3.22. The van der Waals surface area contributed by atoms with Gasteiger partial charge in [-0.15, -0.1) is 5.10 Å². The first-order valence-corrected chi connectivity index (χ1v) is 11.5. The van der Waals surface area contributed by atoms with Gasteiger partial charge in [0.1, 0.15) is 0 Å². The number of thiophene rings is 1. The minimum atomic E-state index is 0.160. The van der Waals surface area contributed by atoms with E-state index in [1.165, 1.54) is 17.3 Å². The maximum Gasteiger partial charge on any atom is 0.253 e. The molecule has 0 saturated carbocycles. The van der Waals surface area contributed by atoms with E-state index in [4.69, 9.17) is 0 Å². The quantitative estimate of drug-likeness (QED) is 0.595. The van der Waals surface area contributed by atoms with Crippen LogP contribution in [0.4, 0.5) is 0 Å². The number of fused-ring (bicyclic) bond motifs is 1. The van der Waals surface area contributed by atoms with Crippen LogP contribution in [0.3, 0.4) is 0 Å². The molecule has 9 heteroatoms. The van der Waals surface area contributed by atoms with Crippen molar-refractivity contribution in [3.63, 3.8) is 0 Å². The monoisotopic (exact) mass is 416 g/mol. The van der Waals surface area contributed by atoms with Crippen LogP contribution in [0.15, 0.2) is 22.0 Å². The van der Waals surface area contributed by atoms with Crippen LogP contribution in [0, 0.1) is 13.8 Å². The van der Waals surface area contributed by atoms with Gasteiger partial charge < -0.3 is 4.90 Å². The standard InChI is InChI=1S/C19H24N6OS2/c1-13-16(14(2)25-18(20-13)21-19(22-25)27-3)10-17(26)24-7-5-23(6-8-24)11-15-4-9-28-12-15/h4,9,12H,5-8,10-11H2,1-3H3. The van der Waals surface area contributed by atoms with Crippen LogP contribution in [-0.4, -0.2) is 67.7 Å². The molecule has 1 saturated heterocycles. The summed E-state index contributed by atoms with van der Waals surface area (Å²) in [6, 6.07) is 2.17. The van der Waals surface area contributed by atoms with Gasteiger partial charge in [-0.25, -0.2) is 9.50 Å². The minimum Gasteiger partial charge on any atom is -0.340 e. The normalized spacial score (nSPS) is 15.5. The number of amides is 1. The van der Waals surface area contributed by atoms with E-state index in [2.05, 4.69) is 36.8 Å². The second-order valence-electron chi connectivity index (χ2n) is 7.04. The Hall–Kier alpha value is -1.97. The molecule has 28 heavy (non-hydrogen) atoms. The number of hydrogen-bond acceptors (Lipinski definition) is 7. The summed E-state index contributed by atoms with van der Waals surface area (Å²) in [6.45, 7) is 8.28. The summed E-state index contributed by atoms with van der Waals surface area (Å²) in [5.74, 6) is 0.755. The molecule has 4 heterocycles. The molecular formula is C19H24N6OS2. The zero-order valence-corrected chi connectivity index (χ0v) is 18.0. The number of nitrogens with zero attached hydrogens (tertiary/aromatic N) is 6. The average molecular weight is 417 g/mol. The Balaban J connectivity index is 1.42. The molecule has 4 rings (SSSR count). The number of carbonyl (C=O) groups is 1. The number of carbonyl (C=O) groups excluding carboxylic acids is 1. The second kappa shape index (κ2) is 8.18. The summed E-state index contributed by atoms with van der Waals surface area (Å²) in [5, 5.41) is 9.47. The molecule has 3 aromatic rings. The fourth-order valence-corrected chi connectivity index (χ4v) is 4.59. The van der Waals surface area contributed by atoms with Gasteiger partial charge in [0.25, 0.3) is 5.78 Å². The Morgan fingerprint density at radius 2 is 2.00 bits per heavy atom. The molecule has 1 amide bonds. The summed E-state index contributed by atoms with van der Waals surface area (Å²) in [5.41, 5.74) is 4.11. The van der Waals surface area contributed by atoms with Gasteiger partial charge in [-0.1, -0.05) is 11.8 Å². The SMILES string of the molecule is CSc1nc2nc(C)c(CC(=O)N3CCN(Cc4ccsc4)CC3)c(C)n2n1.